The van der Waals surface area contributed by atoms with Gasteiger partial charge in [-0.1, -0.05) is 19.8 Å². The van der Waals surface area contributed by atoms with Crippen LogP contribution in [-0.4, -0.2) is 23.7 Å². The minimum atomic E-state index is -1.00. The Balaban J connectivity index is 2.19. The average Bonchev–Trinajstić information content (AvgIpc) is 2.68. The highest BCUT2D eigenvalue weighted by molar-refractivity contribution is 5.84. The fourth-order valence-electron chi connectivity index (χ4n) is 2.49. The van der Waals surface area contributed by atoms with Gasteiger partial charge in [-0.15, -0.1) is 0 Å². The Morgan fingerprint density at radius 3 is 2.94 bits per heavy atom. The lowest BCUT2D eigenvalue weighted by molar-refractivity contribution is 0.0663. The minimum absolute atomic E-state index is 0.0269. The summed E-state index contributed by atoms with van der Waals surface area (Å²) in [5, 5.41) is 8.86. The maximum absolute atomic E-state index is 10.8. The van der Waals surface area contributed by atoms with Gasteiger partial charge < -0.3 is 14.4 Å². The van der Waals surface area contributed by atoms with Crippen LogP contribution in [0.1, 0.15) is 49.6 Å². The Morgan fingerprint density at radius 2 is 2.29 bits per heavy atom. The van der Waals surface area contributed by atoms with E-state index in [9.17, 15) is 4.79 Å². The van der Waals surface area contributed by atoms with Crippen molar-refractivity contribution in [2.24, 2.45) is 0 Å². The second-order valence-corrected chi connectivity index (χ2v) is 4.55. The number of carboxylic acid groups (broad SMARTS) is 1. The summed E-state index contributed by atoms with van der Waals surface area (Å²) in [4.78, 5) is 13.0. The van der Waals surface area contributed by atoms with Gasteiger partial charge in [0.1, 0.15) is 0 Å². The molecule has 1 atom stereocenters. The summed E-state index contributed by atoms with van der Waals surface area (Å²) in [6.45, 7) is 3.13. The normalized spacial score (nSPS) is 21.2. The minimum Gasteiger partial charge on any atom is -0.475 e. The summed E-state index contributed by atoms with van der Waals surface area (Å²) in [7, 11) is 0. The summed E-state index contributed by atoms with van der Waals surface area (Å²) < 4.78 is 5.40. The standard InChI is InChI=1S/C13H19NO3/c1-2-10-6-4-3-5-9-14(10)12-8-7-11(17-12)13(15)16/h7-8,10H,2-6,9H2,1H3,(H,15,16). The van der Waals surface area contributed by atoms with Crippen molar-refractivity contribution in [3.05, 3.63) is 17.9 Å². The van der Waals surface area contributed by atoms with Crippen molar-refractivity contribution in [3.8, 4) is 0 Å². The summed E-state index contributed by atoms with van der Waals surface area (Å²) in [5.41, 5.74) is 0. The first-order valence-electron chi connectivity index (χ1n) is 6.32. The lowest BCUT2D eigenvalue weighted by Crippen LogP contribution is -2.34. The van der Waals surface area contributed by atoms with E-state index < -0.39 is 5.97 Å². The van der Waals surface area contributed by atoms with Crippen LogP contribution in [-0.2, 0) is 0 Å². The molecule has 1 aliphatic rings. The summed E-state index contributed by atoms with van der Waals surface area (Å²) in [6, 6.07) is 3.79. The second-order valence-electron chi connectivity index (χ2n) is 4.55. The molecule has 1 aromatic heterocycles. The molecule has 0 saturated carbocycles. The van der Waals surface area contributed by atoms with Crippen molar-refractivity contribution in [3.63, 3.8) is 0 Å². The van der Waals surface area contributed by atoms with Crippen molar-refractivity contribution in [2.75, 3.05) is 11.4 Å². The fourth-order valence-corrected chi connectivity index (χ4v) is 2.49. The van der Waals surface area contributed by atoms with Crippen LogP contribution in [0.25, 0.3) is 0 Å². The number of carbonyl (C=O) groups is 1. The number of nitrogens with zero attached hydrogens (tertiary/aromatic N) is 1. The largest absolute Gasteiger partial charge is 0.475 e. The van der Waals surface area contributed by atoms with E-state index in [0.717, 1.165) is 19.4 Å². The molecule has 1 unspecified atom stereocenters. The third kappa shape index (κ3) is 2.62. The molecule has 1 aromatic rings. The second kappa shape index (κ2) is 5.25. The Bertz CT molecular complexity index is 386. The van der Waals surface area contributed by atoms with Crippen LogP contribution in [0.15, 0.2) is 16.5 Å². The quantitative estimate of drug-likeness (QED) is 0.877. The fraction of sp³-hybridized carbons (Fsp3) is 0.615. The average molecular weight is 237 g/mol. The van der Waals surface area contributed by atoms with E-state index in [0.29, 0.717) is 11.9 Å². The molecule has 1 N–H and O–H groups in total. The molecule has 0 spiro atoms. The van der Waals surface area contributed by atoms with Gasteiger partial charge in [0.15, 0.2) is 5.88 Å². The smallest absolute Gasteiger partial charge is 0.371 e. The van der Waals surface area contributed by atoms with Gasteiger partial charge in [-0.2, -0.15) is 0 Å². The van der Waals surface area contributed by atoms with E-state index in [4.69, 9.17) is 9.52 Å². The van der Waals surface area contributed by atoms with E-state index >= 15 is 0 Å². The maximum Gasteiger partial charge on any atom is 0.371 e. The number of rotatable bonds is 3. The molecule has 4 nitrogen and oxygen atoms in total. The summed E-state index contributed by atoms with van der Waals surface area (Å²) in [5.74, 6) is -0.269. The van der Waals surface area contributed by atoms with Crippen molar-refractivity contribution < 1.29 is 14.3 Å². The van der Waals surface area contributed by atoms with Crippen LogP contribution in [0.5, 0.6) is 0 Å². The first kappa shape index (κ1) is 12.0. The summed E-state index contributed by atoms with van der Waals surface area (Å²) in [6.07, 6.45) is 5.89. The van der Waals surface area contributed by atoms with Gasteiger partial charge >= 0.3 is 5.97 Å². The van der Waals surface area contributed by atoms with Gasteiger partial charge in [-0.05, 0) is 25.3 Å². The van der Waals surface area contributed by atoms with Crippen molar-refractivity contribution >= 4 is 11.9 Å². The lowest BCUT2D eigenvalue weighted by atomic mass is 10.1. The van der Waals surface area contributed by atoms with Crippen LogP contribution in [0.3, 0.4) is 0 Å². The van der Waals surface area contributed by atoms with Gasteiger partial charge in [0, 0.05) is 18.7 Å². The van der Waals surface area contributed by atoms with Crippen molar-refractivity contribution in [2.45, 2.75) is 45.1 Å². The lowest BCUT2D eigenvalue weighted by Gasteiger charge is -2.28. The Kier molecular flexibility index (Phi) is 3.71. The van der Waals surface area contributed by atoms with E-state index in [1.165, 1.54) is 25.3 Å². The van der Waals surface area contributed by atoms with Gasteiger partial charge in [0.25, 0.3) is 0 Å². The highest BCUT2D eigenvalue weighted by atomic mass is 16.4. The SMILES string of the molecule is CCC1CCCCCN1c1ccc(C(=O)O)o1. The highest BCUT2D eigenvalue weighted by Crippen LogP contribution is 2.27. The predicted octanol–water partition coefficient (Wildman–Crippen LogP) is 3.14. The first-order valence-corrected chi connectivity index (χ1v) is 6.32. The van der Waals surface area contributed by atoms with E-state index in [-0.39, 0.29) is 5.76 Å². The molecule has 0 amide bonds. The Hall–Kier alpha value is -1.45. The van der Waals surface area contributed by atoms with E-state index in [1.54, 1.807) is 6.07 Å². The van der Waals surface area contributed by atoms with Gasteiger partial charge in [0.05, 0.1) is 0 Å². The number of aromatic carboxylic acids is 1. The highest BCUT2D eigenvalue weighted by Gasteiger charge is 2.23. The topological polar surface area (TPSA) is 53.7 Å². The van der Waals surface area contributed by atoms with Gasteiger partial charge in [-0.3, -0.25) is 0 Å². The number of furan rings is 1. The van der Waals surface area contributed by atoms with Crippen LogP contribution >= 0.6 is 0 Å². The molecule has 0 radical (unpaired) electrons. The zero-order valence-electron chi connectivity index (χ0n) is 10.2. The van der Waals surface area contributed by atoms with Crippen molar-refractivity contribution in [1.82, 2.24) is 0 Å². The molecule has 1 aliphatic heterocycles. The number of anilines is 1. The molecule has 0 aromatic carbocycles. The zero-order valence-corrected chi connectivity index (χ0v) is 10.2. The van der Waals surface area contributed by atoms with Gasteiger partial charge in [-0.25, -0.2) is 4.79 Å². The molecule has 17 heavy (non-hydrogen) atoms. The van der Waals surface area contributed by atoms with E-state index in [2.05, 4.69) is 11.8 Å². The number of hydrogen-bond donors (Lipinski definition) is 1. The van der Waals surface area contributed by atoms with Crippen molar-refractivity contribution in [1.29, 1.82) is 0 Å². The predicted molar refractivity (Wildman–Crippen MR) is 65.6 cm³/mol. The molecular formula is C13H19NO3. The third-order valence-electron chi connectivity index (χ3n) is 3.43. The molecular weight excluding hydrogens is 218 g/mol. The third-order valence-corrected chi connectivity index (χ3v) is 3.43. The first-order chi connectivity index (χ1) is 8.22. The Morgan fingerprint density at radius 1 is 1.47 bits per heavy atom. The number of carboxylic acids is 1. The molecule has 94 valence electrons. The van der Waals surface area contributed by atoms with Gasteiger partial charge in [0.2, 0.25) is 5.76 Å². The Labute approximate surface area is 101 Å². The number of hydrogen-bond acceptors (Lipinski definition) is 3. The molecule has 0 aliphatic carbocycles. The molecule has 1 saturated heterocycles. The van der Waals surface area contributed by atoms with Crippen LogP contribution in [0.4, 0.5) is 5.88 Å². The van der Waals surface area contributed by atoms with Crippen LogP contribution in [0.2, 0.25) is 0 Å². The maximum atomic E-state index is 10.8. The molecule has 1 fully saturated rings. The van der Waals surface area contributed by atoms with Crippen LogP contribution in [0, 0.1) is 0 Å². The molecule has 2 rings (SSSR count). The molecule has 4 heteroatoms. The van der Waals surface area contributed by atoms with E-state index in [1.807, 2.05) is 0 Å². The summed E-state index contributed by atoms with van der Waals surface area (Å²) >= 11 is 0. The van der Waals surface area contributed by atoms with Crippen LogP contribution < -0.4 is 4.90 Å². The molecule has 2 heterocycles. The monoisotopic (exact) mass is 237 g/mol. The molecule has 0 bridgehead atoms. The zero-order chi connectivity index (χ0) is 12.3.